The first-order valence-electron chi connectivity index (χ1n) is 11.9. The highest BCUT2D eigenvalue weighted by molar-refractivity contribution is 6.32. The van der Waals surface area contributed by atoms with E-state index in [2.05, 4.69) is 10.6 Å². The van der Waals surface area contributed by atoms with Gasteiger partial charge in [-0.15, -0.1) is 0 Å². The molecule has 1 aliphatic rings. The SMILES string of the molecule is COc1ccc(N(C(=O)CNC(=O)c2ccco2)[C@H](C(=O)NC[C@@H]2CCCO2)c2ccccc2)cc1Cl. The van der Waals surface area contributed by atoms with Gasteiger partial charge in [-0.3, -0.25) is 19.3 Å². The number of nitrogens with zero attached hydrogens (tertiary/aromatic N) is 1. The second kappa shape index (κ2) is 12.4. The van der Waals surface area contributed by atoms with Gasteiger partial charge in [-0.25, -0.2) is 0 Å². The Morgan fingerprint density at radius 1 is 1.11 bits per heavy atom. The van der Waals surface area contributed by atoms with Crippen LogP contribution < -0.4 is 20.3 Å². The Kier molecular flexibility index (Phi) is 8.81. The predicted molar refractivity (Wildman–Crippen MR) is 138 cm³/mol. The average molecular weight is 526 g/mol. The zero-order valence-electron chi connectivity index (χ0n) is 20.3. The van der Waals surface area contributed by atoms with Gasteiger partial charge in [0, 0.05) is 18.8 Å². The molecule has 0 radical (unpaired) electrons. The summed E-state index contributed by atoms with van der Waals surface area (Å²) in [5.41, 5.74) is 0.953. The van der Waals surface area contributed by atoms with Gasteiger partial charge in [0.2, 0.25) is 11.8 Å². The smallest absolute Gasteiger partial charge is 0.287 e. The standard InChI is InChI=1S/C27H28ClN3O6/c1-35-22-12-11-19(15-21(22)28)31(24(32)17-30-26(33)23-10-6-14-37-23)25(18-7-3-2-4-8-18)27(34)29-16-20-9-5-13-36-20/h2-4,6-8,10-12,14-15,20,25H,5,9,13,16-17H2,1H3,(H,29,34)(H,30,33)/t20-,25-/m0/s1. The maximum Gasteiger partial charge on any atom is 0.287 e. The van der Waals surface area contributed by atoms with Gasteiger partial charge in [0.25, 0.3) is 5.91 Å². The van der Waals surface area contributed by atoms with Crippen LogP contribution in [0, 0.1) is 0 Å². The van der Waals surface area contributed by atoms with Crippen LogP contribution in [0.4, 0.5) is 5.69 Å². The van der Waals surface area contributed by atoms with Gasteiger partial charge in [-0.05, 0) is 48.7 Å². The molecule has 3 amide bonds. The Balaban J connectivity index is 1.66. The molecule has 0 spiro atoms. The fourth-order valence-corrected chi connectivity index (χ4v) is 4.40. The zero-order valence-corrected chi connectivity index (χ0v) is 21.1. The molecular weight excluding hydrogens is 498 g/mol. The van der Waals surface area contributed by atoms with E-state index in [0.717, 1.165) is 12.8 Å². The van der Waals surface area contributed by atoms with E-state index in [9.17, 15) is 14.4 Å². The van der Waals surface area contributed by atoms with Gasteiger partial charge >= 0.3 is 0 Å². The van der Waals surface area contributed by atoms with E-state index in [0.29, 0.717) is 30.2 Å². The van der Waals surface area contributed by atoms with Crippen molar-refractivity contribution >= 4 is 35.0 Å². The zero-order chi connectivity index (χ0) is 26.2. The molecule has 1 aliphatic heterocycles. The molecule has 0 aliphatic carbocycles. The number of nitrogens with one attached hydrogen (secondary N) is 2. The van der Waals surface area contributed by atoms with Crippen molar-refractivity contribution in [2.24, 2.45) is 0 Å². The molecule has 0 unspecified atom stereocenters. The first kappa shape index (κ1) is 26.2. The van der Waals surface area contributed by atoms with Crippen LogP contribution in [0.5, 0.6) is 5.75 Å². The van der Waals surface area contributed by atoms with Crippen molar-refractivity contribution in [1.82, 2.24) is 10.6 Å². The van der Waals surface area contributed by atoms with Crippen molar-refractivity contribution in [3.8, 4) is 5.75 Å². The highest BCUT2D eigenvalue weighted by atomic mass is 35.5. The van der Waals surface area contributed by atoms with Crippen LogP contribution >= 0.6 is 11.6 Å². The number of anilines is 1. The quantitative estimate of drug-likeness (QED) is 0.417. The lowest BCUT2D eigenvalue weighted by Crippen LogP contribution is -2.48. The largest absolute Gasteiger partial charge is 0.495 e. The topological polar surface area (TPSA) is 110 Å². The fraction of sp³-hybridized carbons (Fsp3) is 0.296. The number of carbonyl (C=O) groups excluding carboxylic acids is 3. The molecule has 2 N–H and O–H groups in total. The van der Waals surface area contributed by atoms with E-state index < -0.39 is 17.9 Å². The van der Waals surface area contributed by atoms with E-state index in [-0.39, 0.29) is 29.3 Å². The van der Waals surface area contributed by atoms with Crippen LogP contribution in [0.25, 0.3) is 0 Å². The summed E-state index contributed by atoms with van der Waals surface area (Å²) in [5.74, 6) is -0.976. The number of methoxy groups -OCH3 is 1. The first-order valence-corrected chi connectivity index (χ1v) is 12.3. The van der Waals surface area contributed by atoms with Crippen molar-refractivity contribution in [2.75, 3.05) is 31.7 Å². The third-order valence-electron chi connectivity index (χ3n) is 5.98. The molecule has 1 fully saturated rings. The summed E-state index contributed by atoms with van der Waals surface area (Å²) in [6.07, 6.45) is 3.08. The molecule has 9 nitrogen and oxygen atoms in total. The summed E-state index contributed by atoms with van der Waals surface area (Å²) in [5, 5.41) is 5.76. The number of carbonyl (C=O) groups is 3. The minimum atomic E-state index is -1.04. The summed E-state index contributed by atoms with van der Waals surface area (Å²) >= 11 is 6.39. The number of benzene rings is 2. The number of rotatable bonds is 10. The van der Waals surface area contributed by atoms with Gasteiger partial charge in [0.05, 0.1) is 31.0 Å². The van der Waals surface area contributed by atoms with Crippen LogP contribution in [0.3, 0.4) is 0 Å². The number of ether oxygens (including phenoxy) is 2. The Hall–Kier alpha value is -3.82. The van der Waals surface area contributed by atoms with Crippen LogP contribution in [-0.4, -0.2) is 50.6 Å². The lowest BCUT2D eigenvalue weighted by Gasteiger charge is -2.32. The van der Waals surface area contributed by atoms with E-state index in [4.69, 9.17) is 25.5 Å². The first-order chi connectivity index (χ1) is 18.0. The molecule has 3 aromatic rings. The molecule has 2 aromatic carbocycles. The van der Waals surface area contributed by atoms with Crippen LogP contribution in [0.15, 0.2) is 71.3 Å². The van der Waals surface area contributed by atoms with Gasteiger partial charge in [-0.2, -0.15) is 0 Å². The Bertz CT molecular complexity index is 1210. The maximum absolute atomic E-state index is 13.7. The highest BCUT2D eigenvalue weighted by Crippen LogP contribution is 2.34. The Morgan fingerprint density at radius 2 is 1.92 bits per heavy atom. The third kappa shape index (κ3) is 6.49. The lowest BCUT2D eigenvalue weighted by atomic mass is 10.0. The van der Waals surface area contributed by atoms with Crippen molar-refractivity contribution in [1.29, 1.82) is 0 Å². The second-order valence-corrected chi connectivity index (χ2v) is 8.84. The molecule has 0 bridgehead atoms. The second-order valence-electron chi connectivity index (χ2n) is 8.44. The molecule has 4 rings (SSSR count). The minimum absolute atomic E-state index is 0.0701. The lowest BCUT2D eigenvalue weighted by molar-refractivity contribution is -0.126. The van der Waals surface area contributed by atoms with Crippen LogP contribution in [-0.2, 0) is 14.3 Å². The number of hydrogen-bond acceptors (Lipinski definition) is 6. The van der Waals surface area contributed by atoms with Gasteiger partial charge in [0.1, 0.15) is 11.8 Å². The summed E-state index contributed by atoms with van der Waals surface area (Å²) in [4.78, 5) is 41.0. The van der Waals surface area contributed by atoms with Gasteiger partial charge in [-0.1, -0.05) is 41.9 Å². The predicted octanol–water partition coefficient (Wildman–Crippen LogP) is 3.74. The van der Waals surface area contributed by atoms with E-state index >= 15 is 0 Å². The Labute approximate surface area is 219 Å². The van der Waals surface area contributed by atoms with Gasteiger partial charge < -0.3 is 24.5 Å². The monoisotopic (exact) mass is 525 g/mol. The van der Waals surface area contributed by atoms with Crippen molar-refractivity contribution in [2.45, 2.75) is 25.0 Å². The Morgan fingerprint density at radius 3 is 2.57 bits per heavy atom. The van der Waals surface area contributed by atoms with Crippen molar-refractivity contribution in [3.05, 3.63) is 83.3 Å². The van der Waals surface area contributed by atoms with E-state index in [1.54, 1.807) is 48.5 Å². The molecule has 10 heteroatoms. The van der Waals surface area contributed by atoms with E-state index in [1.807, 2.05) is 6.07 Å². The maximum atomic E-state index is 13.7. The minimum Gasteiger partial charge on any atom is -0.495 e. The molecule has 1 saturated heterocycles. The molecule has 194 valence electrons. The van der Waals surface area contributed by atoms with Crippen LogP contribution in [0.2, 0.25) is 5.02 Å². The summed E-state index contributed by atoms with van der Waals surface area (Å²) in [6, 6.07) is 15.8. The highest BCUT2D eigenvalue weighted by Gasteiger charge is 2.34. The number of halogens is 1. The molecule has 2 atom stereocenters. The number of furan rings is 1. The molecule has 37 heavy (non-hydrogen) atoms. The fourth-order valence-electron chi connectivity index (χ4n) is 4.15. The number of hydrogen-bond donors (Lipinski definition) is 2. The average Bonchev–Trinajstić information content (AvgIpc) is 3.64. The van der Waals surface area contributed by atoms with E-state index in [1.165, 1.54) is 24.3 Å². The molecule has 2 heterocycles. The normalized spacial score (nSPS) is 15.6. The van der Waals surface area contributed by atoms with Crippen molar-refractivity contribution in [3.63, 3.8) is 0 Å². The molecule has 1 aromatic heterocycles. The molecular formula is C27H28ClN3O6. The molecule has 0 saturated carbocycles. The number of amides is 3. The van der Waals surface area contributed by atoms with Crippen LogP contribution in [0.1, 0.15) is 35.0 Å². The summed E-state index contributed by atoms with van der Waals surface area (Å²) in [7, 11) is 1.49. The van der Waals surface area contributed by atoms with Crippen molar-refractivity contribution < 1.29 is 28.3 Å². The third-order valence-corrected chi connectivity index (χ3v) is 6.27. The summed E-state index contributed by atoms with van der Waals surface area (Å²) < 4.78 is 16.0. The summed E-state index contributed by atoms with van der Waals surface area (Å²) in [6.45, 7) is 0.599. The van der Waals surface area contributed by atoms with Gasteiger partial charge in [0.15, 0.2) is 5.76 Å².